The molecule has 2 saturated heterocycles. The molecule has 96 valence electrons. The maximum Gasteiger partial charge on any atom is 0.190 e. The Morgan fingerprint density at radius 2 is 2.12 bits per heavy atom. The summed E-state index contributed by atoms with van der Waals surface area (Å²) in [4.78, 5) is 2.60. The number of hydrogen-bond acceptors (Lipinski definition) is 6. The van der Waals surface area contributed by atoms with Crippen molar-refractivity contribution in [1.29, 1.82) is 0 Å². The Morgan fingerprint density at radius 1 is 1.41 bits per heavy atom. The fourth-order valence-corrected chi connectivity index (χ4v) is 2.17. The minimum atomic E-state index is -1.57. The molecule has 0 radical (unpaired) electrons. The van der Waals surface area contributed by atoms with Crippen LogP contribution in [0.4, 0.5) is 0 Å². The van der Waals surface area contributed by atoms with E-state index in [1.165, 1.54) is 0 Å². The van der Waals surface area contributed by atoms with Gasteiger partial charge in [-0.15, -0.1) is 0 Å². The highest BCUT2D eigenvalue weighted by Crippen LogP contribution is 2.43. The van der Waals surface area contributed by atoms with Crippen molar-refractivity contribution in [2.45, 2.75) is 43.7 Å². The van der Waals surface area contributed by atoms with E-state index in [4.69, 9.17) is 24.8 Å². The van der Waals surface area contributed by atoms with E-state index in [0.29, 0.717) is 0 Å². The SMILES string of the molecule is CC1(C)O[C@H]2O[C@H](CO)[C@@](O)(CN=[N+]=[N-])[C@H]2O1. The zero-order valence-electron chi connectivity index (χ0n) is 9.61. The van der Waals surface area contributed by atoms with Crippen LogP contribution in [0.25, 0.3) is 10.4 Å². The molecule has 0 spiro atoms. The normalized spacial score (nSPS) is 43.2. The summed E-state index contributed by atoms with van der Waals surface area (Å²) in [6.45, 7) is 2.74. The van der Waals surface area contributed by atoms with Crippen LogP contribution in [0.15, 0.2) is 5.11 Å². The highest BCUT2D eigenvalue weighted by atomic mass is 16.8. The Morgan fingerprint density at radius 3 is 2.71 bits per heavy atom. The average Bonchev–Trinajstić information content (AvgIpc) is 2.69. The van der Waals surface area contributed by atoms with E-state index in [-0.39, 0.29) is 6.54 Å². The number of ether oxygens (including phenoxy) is 3. The van der Waals surface area contributed by atoms with Crippen molar-refractivity contribution >= 4 is 0 Å². The van der Waals surface area contributed by atoms with Gasteiger partial charge >= 0.3 is 0 Å². The third kappa shape index (κ3) is 1.99. The van der Waals surface area contributed by atoms with Crippen LogP contribution in [0, 0.1) is 0 Å². The van der Waals surface area contributed by atoms with E-state index in [9.17, 15) is 5.11 Å². The first kappa shape index (κ1) is 12.6. The minimum Gasteiger partial charge on any atom is -0.394 e. The summed E-state index contributed by atoms with van der Waals surface area (Å²) in [5.74, 6) is -0.875. The van der Waals surface area contributed by atoms with Gasteiger partial charge < -0.3 is 24.4 Å². The molecule has 2 aliphatic rings. The van der Waals surface area contributed by atoms with E-state index in [2.05, 4.69) is 10.0 Å². The highest BCUT2D eigenvalue weighted by molar-refractivity contribution is 5.06. The van der Waals surface area contributed by atoms with E-state index >= 15 is 0 Å². The molecular weight excluding hydrogens is 230 g/mol. The van der Waals surface area contributed by atoms with Gasteiger partial charge in [0.15, 0.2) is 12.1 Å². The first-order valence-electron chi connectivity index (χ1n) is 5.28. The number of fused-ring (bicyclic) bond motifs is 1. The fourth-order valence-electron chi connectivity index (χ4n) is 2.17. The summed E-state index contributed by atoms with van der Waals surface area (Å²) in [6.07, 6.45) is -2.43. The Kier molecular flexibility index (Phi) is 3.03. The predicted molar refractivity (Wildman–Crippen MR) is 54.7 cm³/mol. The van der Waals surface area contributed by atoms with Crippen molar-refractivity contribution in [3.05, 3.63) is 10.4 Å². The van der Waals surface area contributed by atoms with Gasteiger partial charge in [-0.25, -0.2) is 0 Å². The first-order valence-corrected chi connectivity index (χ1v) is 5.28. The molecule has 0 amide bonds. The topological polar surface area (TPSA) is 117 Å². The monoisotopic (exact) mass is 245 g/mol. The molecule has 17 heavy (non-hydrogen) atoms. The molecule has 0 unspecified atom stereocenters. The van der Waals surface area contributed by atoms with Gasteiger partial charge in [-0.1, -0.05) is 5.11 Å². The number of azide groups is 1. The van der Waals surface area contributed by atoms with Gasteiger partial charge in [0.2, 0.25) is 0 Å². The van der Waals surface area contributed by atoms with Crippen LogP contribution in [0.1, 0.15) is 13.8 Å². The standard InChI is InChI=1S/C9H15N3O5/c1-8(2)16-6-7(17-8)15-5(3-13)9(6,14)4-11-12-10/h5-7,13-14H,3-4H2,1-2H3/t5-,6+,7-,9+/m1/s1. The number of aliphatic hydroxyl groups is 2. The molecule has 0 saturated carbocycles. The second-order valence-electron chi connectivity index (χ2n) is 4.61. The van der Waals surface area contributed by atoms with Crippen molar-refractivity contribution in [1.82, 2.24) is 0 Å². The Labute approximate surface area is 97.7 Å². The molecular formula is C9H15N3O5. The summed E-state index contributed by atoms with van der Waals surface area (Å²) in [6, 6.07) is 0. The van der Waals surface area contributed by atoms with Gasteiger partial charge in [0.25, 0.3) is 0 Å². The van der Waals surface area contributed by atoms with Gasteiger partial charge in [0, 0.05) is 4.91 Å². The summed E-state index contributed by atoms with van der Waals surface area (Å²) in [5.41, 5.74) is 6.74. The molecule has 8 heteroatoms. The Hall–Kier alpha value is -0.890. The second kappa shape index (κ2) is 4.09. The lowest BCUT2D eigenvalue weighted by atomic mass is 9.93. The van der Waals surface area contributed by atoms with E-state index < -0.39 is 36.5 Å². The first-order chi connectivity index (χ1) is 7.93. The molecule has 2 N–H and O–H groups in total. The number of aliphatic hydroxyl groups excluding tert-OH is 1. The second-order valence-corrected chi connectivity index (χ2v) is 4.61. The van der Waals surface area contributed by atoms with Crippen molar-refractivity contribution in [2.75, 3.05) is 13.2 Å². The van der Waals surface area contributed by atoms with Crippen LogP contribution in [0.5, 0.6) is 0 Å². The molecule has 0 aromatic carbocycles. The average molecular weight is 245 g/mol. The van der Waals surface area contributed by atoms with Crippen molar-refractivity contribution in [2.24, 2.45) is 5.11 Å². The Balaban J connectivity index is 2.24. The van der Waals surface area contributed by atoms with Crippen LogP contribution >= 0.6 is 0 Å². The van der Waals surface area contributed by atoms with Crippen molar-refractivity contribution in [3.63, 3.8) is 0 Å². The Bertz CT molecular complexity index is 357. The van der Waals surface area contributed by atoms with Gasteiger partial charge in [0.1, 0.15) is 17.8 Å². The third-order valence-electron chi connectivity index (χ3n) is 2.96. The molecule has 4 atom stereocenters. The van der Waals surface area contributed by atoms with E-state index in [1.807, 2.05) is 0 Å². The van der Waals surface area contributed by atoms with E-state index in [0.717, 1.165) is 0 Å². The van der Waals surface area contributed by atoms with Gasteiger partial charge in [-0.05, 0) is 19.4 Å². The fraction of sp³-hybridized carbons (Fsp3) is 1.00. The maximum atomic E-state index is 10.4. The van der Waals surface area contributed by atoms with Crippen LogP contribution in [-0.2, 0) is 14.2 Å². The van der Waals surface area contributed by atoms with Crippen molar-refractivity contribution in [3.8, 4) is 0 Å². The lowest BCUT2D eigenvalue weighted by Gasteiger charge is -2.31. The molecule has 0 bridgehead atoms. The largest absolute Gasteiger partial charge is 0.394 e. The summed E-state index contributed by atoms with van der Waals surface area (Å²) < 4.78 is 16.3. The van der Waals surface area contributed by atoms with Crippen LogP contribution in [-0.4, -0.2) is 53.3 Å². The zero-order valence-corrected chi connectivity index (χ0v) is 9.61. The molecule has 8 nitrogen and oxygen atoms in total. The number of nitrogens with zero attached hydrogens (tertiary/aromatic N) is 3. The van der Waals surface area contributed by atoms with E-state index in [1.54, 1.807) is 13.8 Å². The lowest BCUT2D eigenvalue weighted by Crippen LogP contribution is -2.52. The molecule has 2 rings (SSSR count). The smallest absolute Gasteiger partial charge is 0.190 e. The maximum absolute atomic E-state index is 10.4. The van der Waals surface area contributed by atoms with Crippen LogP contribution in [0.3, 0.4) is 0 Å². The van der Waals surface area contributed by atoms with Crippen LogP contribution < -0.4 is 0 Å². The number of rotatable bonds is 3. The molecule has 2 heterocycles. The third-order valence-corrected chi connectivity index (χ3v) is 2.96. The van der Waals surface area contributed by atoms with Gasteiger partial charge in [0.05, 0.1) is 13.2 Å². The summed E-state index contributed by atoms with van der Waals surface area (Å²) in [7, 11) is 0. The van der Waals surface area contributed by atoms with Gasteiger partial charge in [-0.3, -0.25) is 0 Å². The molecule has 0 aromatic heterocycles. The predicted octanol–water partition coefficient (Wildman–Crippen LogP) is -0.104. The van der Waals surface area contributed by atoms with Gasteiger partial charge in [-0.2, -0.15) is 0 Å². The molecule has 0 aromatic rings. The lowest BCUT2D eigenvalue weighted by molar-refractivity contribution is -0.231. The van der Waals surface area contributed by atoms with Crippen molar-refractivity contribution < 1.29 is 24.4 Å². The number of hydrogen-bond donors (Lipinski definition) is 2. The summed E-state index contributed by atoms with van der Waals surface area (Å²) >= 11 is 0. The summed E-state index contributed by atoms with van der Waals surface area (Å²) in [5, 5.41) is 22.9. The molecule has 2 fully saturated rings. The molecule has 2 aliphatic heterocycles. The zero-order chi connectivity index (χ0) is 12.7. The highest BCUT2D eigenvalue weighted by Gasteiger charge is 2.62. The quantitative estimate of drug-likeness (QED) is 0.409. The minimum absolute atomic E-state index is 0.241. The van der Waals surface area contributed by atoms with Crippen LogP contribution in [0.2, 0.25) is 0 Å². The molecule has 0 aliphatic carbocycles.